The van der Waals surface area contributed by atoms with Crippen molar-refractivity contribution in [1.29, 1.82) is 0 Å². The van der Waals surface area contributed by atoms with Gasteiger partial charge < -0.3 is 9.97 Å². The van der Waals surface area contributed by atoms with Crippen molar-refractivity contribution >= 4 is 65.7 Å². The summed E-state index contributed by atoms with van der Waals surface area (Å²) in [4.78, 5) is 18.3. The van der Waals surface area contributed by atoms with Gasteiger partial charge in [0.1, 0.15) is 0 Å². The van der Waals surface area contributed by atoms with E-state index in [1.165, 1.54) is 60.5 Å². The zero-order valence-electron chi connectivity index (χ0n) is 26.2. The summed E-state index contributed by atoms with van der Waals surface area (Å²) in [6.07, 6.45) is 0. The summed E-state index contributed by atoms with van der Waals surface area (Å²) in [5.41, 5.74) is 17.0. The van der Waals surface area contributed by atoms with Crippen molar-refractivity contribution in [2.24, 2.45) is 0 Å². The van der Waals surface area contributed by atoms with Crippen molar-refractivity contribution in [3.63, 3.8) is 0 Å². The zero-order chi connectivity index (χ0) is 29.9. The Hall–Kier alpha value is -4.70. The highest BCUT2D eigenvalue weighted by atomic mass is 14.8. The summed E-state index contributed by atoms with van der Waals surface area (Å²) in [6, 6.07) is 22.4. The summed E-state index contributed by atoms with van der Waals surface area (Å²) < 4.78 is 0. The van der Waals surface area contributed by atoms with Crippen LogP contribution in [0.2, 0.25) is 0 Å². The van der Waals surface area contributed by atoms with Crippen molar-refractivity contribution in [3.05, 3.63) is 106 Å². The molecule has 0 saturated heterocycles. The van der Waals surface area contributed by atoms with Crippen LogP contribution in [0.4, 0.5) is 0 Å². The summed E-state index contributed by atoms with van der Waals surface area (Å²) in [5.74, 6) is 0. The minimum atomic E-state index is -0.287. The van der Waals surface area contributed by atoms with Crippen LogP contribution in [0, 0.1) is 27.7 Å². The Bertz CT molecular complexity index is 2430. The highest BCUT2D eigenvalue weighted by Crippen LogP contribution is 2.46. The molecule has 6 aromatic rings. The number of aromatic nitrogens is 4. The number of nitrogens with one attached hydrogen (secondary N) is 2. The molecular formula is C39H36N4. The van der Waals surface area contributed by atoms with E-state index in [2.05, 4.69) is 126 Å². The molecule has 212 valence electrons. The lowest BCUT2D eigenvalue weighted by molar-refractivity contribution is 0.648. The lowest BCUT2D eigenvalue weighted by atomic mass is 9.80. The molecule has 4 heteroatoms. The van der Waals surface area contributed by atoms with Crippen molar-refractivity contribution in [2.75, 3.05) is 0 Å². The fourth-order valence-electron chi connectivity index (χ4n) is 7.10. The van der Waals surface area contributed by atoms with Gasteiger partial charge >= 0.3 is 0 Å². The Balaban J connectivity index is 1.67. The van der Waals surface area contributed by atoms with Gasteiger partial charge in [0.2, 0.25) is 0 Å². The number of nitrogens with zero attached hydrogens (tertiary/aromatic N) is 2. The predicted molar refractivity (Wildman–Crippen MR) is 183 cm³/mol. The van der Waals surface area contributed by atoms with E-state index in [4.69, 9.17) is 9.97 Å². The lowest BCUT2D eigenvalue weighted by Gasteiger charge is -2.20. The molecule has 0 fully saturated rings. The molecule has 8 rings (SSSR count). The van der Waals surface area contributed by atoms with E-state index in [9.17, 15) is 0 Å². The fraction of sp³-hybridized carbons (Fsp3) is 0.231. The number of hydrogen-bond acceptors (Lipinski definition) is 2. The van der Waals surface area contributed by atoms with E-state index in [0.29, 0.717) is 0 Å². The first kappa shape index (κ1) is 26.0. The molecular weight excluding hydrogens is 524 g/mol. The van der Waals surface area contributed by atoms with E-state index in [1.54, 1.807) is 0 Å². The number of fused-ring (bicyclic) bond motifs is 12. The maximum absolute atomic E-state index is 5.47. The first-order valence-corrected chi connectivity index (χ1v) is 15.2. The van der Waals surface area contributed by atoms with Crippen LogP contribution >= 0.6 is 0 Å². The number of aryl methyl sites for hydroxylation is 4. The van der Waals surface area contributed by atoms with E-state index >= 15 is 0 Å². The molecule has 0 amide bonds. The van der Waals surface area contributed by atoms with Gasteiger partial charge in [-0.1, -0.05) is 50.2 Å². The van der Waals surface area contributed by atoms with Crippen LogP contribution < -0.4 is 0 Å². The minimum absolute atomic E-state index is 0.287. The van der Waals surface area contributed by atoms with Gasteiger partial charge in [-0.2, -0.15) is 0 Å². The van der Waals surface area contributed by atoms with Gasteiger partial charge in [-0.05, 0) is 126 Å². The molecule has 5 heterocycles. The first-order chi connectivity index (χ1) is 20.5. The fourth-order valence-corrected chi connectivity index (χ4v) is 7.10. The van der Waals surface area contributed by atoms with Gasteiger partial charge in [0.25, 0.3) is 0 Å². The van der Waals surface area contributed by atoms with Gasteiger partial charge in [-0.3, -0.25) is 4.98 Å². The van der Waals surface area contributed by atoms with E-state index in [0.717, 1.165) is 50.1 Å². The smallest absolute Gasteiger partial charge is 0.0775 e. The standard InChI is InChI=1S/C39H36N4/c1-19-20(2)32-17-33-23(5)24(6)37(42-33)36-27-14-13-25-11-9-10-12-26(25)28(27)15-29-38(36)43-35(39(29,7)8)18-34-22(4)21(3)31(41-34)16-30(19)40-32/h9-18,40-41H,1-8H3. The Morgan fingerprint density at radius 2 is 1.21 bits per heavy atom. The van der Waals surface area contributed by atoms with E-state index < -0.39 is 0 Å². The molecule has 2 aliphatic heterocycles. The van der Waals surface area contributed by atoms with Gasteiger partial charge in [-0.15, -0.1) is 0 Å². The van der Waals surface area contributed by atoms with Crippen LogP contribution in [0.3, 0.4) is 0 Å². The minimum Gasteiger partial charge on any atom is -0.355 e. The first-order valence-electron chi connectivity index (χ1n) is 15.2. The third-order valence-corrected chi connectivity index (χ3v) is 10.5. The summed E-state index contributed by atoms with van der Waals surface area (Å²) in [7, 11) is 0. The molecule has 0 radical (unpaired) electrons. The van der Waals surface area contributed by atoms with Crippen molar-refractivity contribution in [1.82, 2.24) is 19.9 Å². The number of allylic oxidation sites excluding steroid dienone is 2. The number of H-pyrrole nitrogens is 2. The van der Waals surface area contributed by atoms with Crippen molar-refractivity contribution < 1.29 is 0 Å². The number of hydrogen-bond donors (Lipinski definition) is 2. The molecule has 0 aliphatic carbocycles. The van der Waals surface area contributed by atoms with Gasteiger partial charge in [-0.25, -0.2) is 4.98 Å². The Labute approximate surface area is 251 Å². The summed E-state index contributed by atoms with van der Waals surface area (Å²) >= 11 is 0. The van der Waals surface area contributed by atoms with E-state index in [-0.39, 0.29) is 5.41 Å². The monoisotopic (exact) mass is 560 g/mol. The van der Waals surface area contributed by atoms with Crippen LogP contribution in [-0.2, 0) is 5.41 Å². The van der Waals surface area contributed by atoms with E-state index in [1.807, 2.05) is 0 Å². The molecule has 2 aliphatic rings. The average molecular weight is 561 g/mol. The third kappa shape index (κ3) is 3.50. The molecule has 0 spiro atoms. The molecule has 3 aromatic heterocycles. The molecule has 43 heavy (non-hydrogen) atoms. The second kappa shape index (κ2) is 8.67. The topological polar surface area (TPSA) is 57.4 Å². The maximum Gasteiger partial charge on any atom is 0.0775 e. The molecule has 0 atom stereocenters. The van der Waals surface area contributed by atoms with Crippen LogP contribution in [0.25, 0.3) is 65.7 Å². The highest BCUT2D eigenvalue weighted by molar-refractivity contribution is 6.20. The molecule has 0 saturated carbocycles. The summed E-state index contributed by atoms with van der Waals surface area (Å²) in [5, 5.41) is 6.09. The summed E-state index contributed by atoms with van der Waals surface area (Å²) in [6.45, 7) is 17.8. The quantitative estimate of drug-likeness (QED) is 0.182. The lowest BCUT2D eigenvalue weighted by Crippen LogP contribution is -2.15. The number of aromatic amines is 2. The third-order valence-electron chi connectivity index (χ3n) is 10.5. The molecule has 8 bridgehead atoms. The van der Waals surface area contributed by atoms with Gasteiger partial charge in [0.15, 0.2) is 0 Å². The van der Waals surface area contributed by atoms with Crippen LogP contribution in [0.15, 0.2) is 60.7 Å². The van der Waals surface area contributed by atoms with Crippen molar-refractivity contribution in [2.45, 2.75) is 60.8 Å². The molecule has 0 unspecified atom stereocenters. The van der Waals surface area contributed by atoms with Crippen LogP contribution in [0.5, 0.6) is 0 Å². The zero-order valence-corrected chi connectivity index (χ0v) is 26.2. The predicted octanol–water partition coefficient (Wildman–Crippen LogP) is 10.3. The number of rotatable bonds is 0. The Kier molecular flexibility index (Phi) is 5.23. The SMILES string of the molecule is CC1=C(C)c2nc1cc1[nH]c(cc3[nH]c(cc4nc5c(cc6c7ccccc7ccc6c25)C4(C)C)c(C)c3C)c(C)c1C. The number of benzene rings is 3. The second-order valence-corrected chi connectivity index (χ2v) is 13.1. The molecule has 3 aromatic carbocycles. The molecule has 4 nitrogen and oxygen atoms in total. The Morgan fingerprint density at radius 3 is 1.91 bits per heavy atom. The Morgan fingerprint density at radius 1 is 0.581 bits per heavy atom. The highest BCUT2D eigenvalue weighted by Gasteiger charge is 2.34. The van der Waals surface area contributed by atoms with Gasteiger partial charge in [0, 0.05) is 32.9 Å². The normalized spacial score (nSPS) is 14.6. The largest absolute Gasteiger partial charge is 0.355 e. The van der Waals surface area contributed by atoms with Crippen LogP contribution in [-0.4, -0.2) is 19.9 Å². The van der Waals surface area contributed by atoms with Crippen LogP contribution in [0.1, 0.15) is 72.6 Å². The maximum atomic E-state index is 5.47. The average Bonchev–Trinajstić information content (AvgIpc) is 3.61. The second-order valence-electron chi connectivity index (χ2n) is 13.1. The van der Waals surface area contributed by atoms with Gasteiger partial charge in [0.05, 0.1) is 22.6 Å². The molecule has 2 N–H and O–H groups in total. The van der Waals surface area contributed by atoms with Crippen molar-refractivity contribution in [3.8, 4) is 0 Å².